The molecule has 0 bridgehead atoms. The number of hydrogen-bond acceptors (Lipinski definition) is 4. The van der Waals surface area contributed by atoms with E-state index in [-0.39, 0.29) is 24.5 Å². The zero-order chi connectivity index (χ0) is 24.8. The van der Waals surface area contributed by atoms with Gasteiger partial charge in [-0.15, -0.1) is 0 Å². The van der Waals surface area contributed by atoms with Crippen molar-refractivity contribution in [1.29, 1.82) is 0 Å². The number of nitrogens with one attached hydrogen (secondary N) is 5. The first-order valence-corrected chi connectivity index (χ1v) is 11.5. The number of amides is 5. The van der Waals surface area contributed by atoms with Crippen molar-refractivity contribution in [3.8, 4) is 0 Å². The number of aryl methyl sites for hydroxylation is 1. The minimum absolute atomic E-state index is 0.0132. The van der Waals surface area contributed by atoms with Gasteiger partial charge in [0.15, 0.2) is 0 Å². The molecule has 10 nitrogen and oxygen atoms in total. The summed E-state index contributed by atoms with van der Waals surface area (Å²) in [6.07, 6.45) is 2.64. The van der Waals surface area contributed by atoms with Crippen molar-refractivity contribution in [1.82, 2.24) is 20.8 Å². The van der Waals surface area contributed by atoms with Crippen molar-refractivity contribution in [2.75, 3.05) is 15.5 Å². The molecule has 0 radical (unpaired) electrons. The van der Waals surface area contributed by atoms with Gasteiger partial charge in [0.05, 0.1) is 12.7 Å². The van der Waals surface area contributed by atoms with Crippen LogP contribution in [0.2, 0.25) is 0 Å². The molecule has 1 aliphatic heterocycles. The number of aromatic nitrogens is 2. The molecule has 5 amide bonds. The lowest BCUT2D eigenvalue weighted by molar-refractivity contribution is -0.120. The Morgan fingerprint density at radius 1 is 1.09 bits per heavy atom. The Bertz CT molecular complexity index is 1190. The maximum Gasteiger partial charge on any atom is 0.321 e. The summed E-state index contributed by atoms with van der Waals surface area (Å²) < 4.78 is 0. The van der Waals surface area contributed by atoms with Gasteiger partial charge >= 0.3 is 12.1 Å². The van der Waals surface area contributed by atoms with E-state index in [1.165, 1.54) is 6.20 Å². The summed E-state index contributed by atoms with van der Waals surface area (Å²) in [6, 6.07) is 15.3. The van der Waals surface area contributed by atoms with Crippen molar-refractivity contribution >= 4 is 35.2 Å². The van der Waals surface area contributed by atoms with Gasteiger partial charge in [-0.1, -0.05) is 30.3 Å². The van der Waals surface area contributed by atoms with E-state index in [0.29, 0.717) is 24.3 Å². The molecule has 2 aromatic carbocycles. The molecule has 2 heterocycles. The fourth-order valence-electron chi connectivity index (χ4n) is 4.01. The van der Waals surface area contributed by atoms with Gasteiger partial charge in [0.25, 0.3) is 0 Å². The van der Waals surface area contributed by atoms with Crippen LogP contribution in [0.3, 0.4) is 0 Å². The molecule has 1 aromatic heterocycles. The van der Waals surface area contributed by atoms with Gasteiger partial charge in [-0.3, -0.25) is 15.2 Å². The van der Waals surface area contributed by atoms with E-state index in [9.17, 15) is 14.4 Å². The second-order valence-corrected chi connectivity index (χ2v) is 8.67. The molecule has 1 atom stereocenters. The average Bonchev–Trinajstić information content (AvgIpc) is 3.28. The van der Waals surface area contributed by atoms with Crippen LogP contribution in [0.25, 0.3) is 0 Å². The zero-order valence-corrected chi connectivity index (χ0v) is 19.7. The molecule has 3 aromatic rings. The van der Waals surface area contributed by atoms with Gasteiger partial charge in [0.1, 0.15) is 11.9 Å². The molecule has 0 saturated carbocycles. The number of urea groups is 2. The third-order valence-electron chi connectivity index (χ3n) is 5.55. The van der Waals surface area contributed by atoms with E-state index in [1.54, 1.807) is 17.0 Å². The van der Waals surface area contributed by atoms with E-state index in [2.05, 4.69) is 31.5 Å². The minimum Gasteiger partial charge on any atom is -0.336 e. The number of hydrogen-bond donors (Lipinski definition) is 5. The van der Waals surface area contributed by atoms with Crippen LogP contribution < -0.4 is 26.2 Å². The van der Waals surface area contributed by atoms with Crippen molar-refractivity contribution < 1.29 is 14.4 Å². The molecule has 0 fully saturated rings. The van der Waals surface area contributed by atoms with Crippen molar-refractivity contribution in [3.05, 3.63) is 71.9 Å². The van der Waals surface area contributed by atoms with E-state index < -0.39 is 12.1 Å². The summed E-state index contributed by atoms with van der Waals surface area (Å²) in [5, 5.41) is 17.5. The molecule has 35 heavy (non-hydrogen) atoms. The van der Waals surface area contributed by atoms with Crippen LogP contribution >= 0.6 is 0 Å². The number of H-pyrrole nitrogens is 1. The van der Waals surface area contributed by atoms with Crippen LogP contribution in [-0.4, -0.2) is 40.3 Å². The highest BCUT2D eigenvalue weighted by molar-refractivity contribution is 6.01. The van der Waals surface area contributed by atoms with Crippen LogP contribution in [0.4, 0.5) is 26.8 Å². The van der Waals surface area contributed by atoms with Crippen LogP contribution in [0.5, 0.6) is 0 Å². The molecule has 182 valence electrons. The largest absolute Gasteiger partial charge is 0.336 e. The quantitative estimate of drug-likeness (QED) is 0.373. The fraction of sp³-hybridized carbons (Fsp3) is 0.280. The number of benzene rings is 2. The van der Waals surface area contributed by atoms with Gasteiger partial charge in [-0.25, -0.2) is 9.59 Å². The molecule has 0 aliphatic carbocycles. The number of rotatable bonds is 6. The van der Waals surface area contributed by atoms with Crippen molar-refractivity contribution in [3.63, 3.8) is 0 Å². The van der Waals surface area contributed by atoms with Crippen molar-refractivity contribution in [2.24, 2.45) is 0 Å². The zero-order valence-electron chi connectivity index (χ0n) is 19.7. The van der Waals surface area contributed by atoms with Crippen LogP contribution in [0, 0.1) is 0 Å². The second-order valence-electron chi connectivity index (χ2n) is 8.67. The standard InChI is InChI=1S/C25H29N7O3/c1-16(2)27-24(34)28-19-8-5-6-17(14-19)15-32-21-9-4-3-7-18(21)10-11-20(23(32)33)29-25(35)30-22-12-13-26-31-22/h3-9,12-14,16,20H,10-11,15H2,1-2H3,(H2,27,28,34)(H3,26,29,30,31,35). The monoisotopic (exact) mass is 475 g/mol. The Kier molecular flexibility index (Phi) is 7.30. The molecule has 0 spiro atoms. The number of aromatic amines is 1. The summed E-state index contributed by atoms with van der Waals surface area (Å²) >= 11 is 0. The topological polar surface area (TPSA) is 131 Å². The summed E-state index contributed by atoms with van der Waals surface area (Å²) in [5.74, 6) is 0.236. The lowest BCUT2D eigenvalue weighted by Crippen LogP contribution is -2.49. The Morgan fingerprint density at radius 3 is 2.69 bits per heavy atom. The summed E-state index contributed by atoms with van der Waals surface area (Å²) in [6.45, 7) is 4.06. The molecule has 1 aliphatic rings. The van der Waals surface area contributed by atoms with Crippen LogP contribution in [0.15, 0.2) is 60.8 Å². The highest BCUT2D eigenvalue weighted by atomic mass is 16.2. The van der Waals surface area contributed by atoms with Gasteiger partial charge < -0.3 is 20.9 Å². The Hall–Kier alpha value is -4.34. The molecule has 5 N–H and O–H groups in total. The first-order valence-electron chi connectivity index (χ1n) is 11.5. The molecule has 4 rings (SSSR count). The Balaban J connectivity index is 1.53. The maximum atomic E-state index is 13.6. The third kappa shape index (κ3) is 6.17. The maximum absolute atomic E-state index is 13.6. The number of nitrogens with zero attached hydrogens (tertiary/aromatic N) is 2. The Labute approximate surface area is 203 Å². The summed E-state index contributed by atoms with van der Waals surface area (Å²) in [5.41, 5.74) is 3.32. The lowest BCUT2D eigenvalue weighted by atomic mass is 10.1. The number of anilines is 3. The normalized spacial score (nSPS) is 15.2. The number of carbonyl (C=O) groups excluding carboxylic acids is 3. The highest BCUT2D eigenvalue weighted by Crippen LogP contribution is 2.29. The predicted octanol–water partition coefficient (Wildman–Crippen LogP) is 3.61. The lowest BCUT2D eigenvalue weighted by Gasteiger charge is -2.26. The summed E-state index contributed by atoms with van der Waals surface area (Å²) in [7, 11) is 0. The SMILES string of the molecule is CC(C)NC(=O)Nc1cccc(CN2C(=O)C(NC(=O)Nc3ccn[nH]3)CCc3ccccc32)c1. The van der Waals surface area contributed by atoms with E-state index >= 15 is 0 Å². The van der Waals surface area contributed by atoms with Gasteiger partial charge in [-0.2, -0.15) is 5.10 Å². The Morgan fingerprint density at radius 2 is 1.91 bits per heavy atom. The van der Waals surface area contributed by atoms with Crippen LogP contribution in [-0.2, 0) is 17.8 Å². The molecular formula is C25H29N7O3. The van der Waals surface area contributed by atoms with Gasteiger partial charge in [0.2, 0.25) is 5.91 Å². The molecule has 10 heteroatoms. The van der Waals surface area contributed by atoms with Crippen LogP contribution in [0.1, 0.15) is 31.4 Å². The number of para-hydroxylation sites is 1. The smallest absolute Gasteiger partial charge is 0.321 e. The first-order chi connectivity index (χ1) is 16.9. The minimum atomic E-state index is -0.705. The first kappa shape index (κ1) is 23.8. The molecule has 1 unspecified atom stereocenters. The third-order valence-corrected chi connectivity index (χ3v) is 5.55. The average molecular weight is 476 g/mol. The highest BCUT2D eigenvalue weighted by Gasteiger charge is 2.31. The second kappa shape index (κ2) is 10.7. The number of fused-ring (bicyclic) bond motifs is 1. The van der Waals surface area contributed by atoms with Crippen molar-refractivity contribution in [2.45, 2.75) is 45.3 Å². The fourth-order valence-corrected chi connectivity index (χ4v) is 4.01. The van der Waals surface area contributed by atoms with E-state index in [0.717, 1.165) is 16.8 Å². The summed E-state index contributed by atoms with van der Waals surface area (Å²) in [4.78, 5) is 39.9. The van der Waals surface area contributed by atoms with E-state index in [4.69, 9.17) is 0 Å². The molecule has 0 saturated heterocycles. The predicted molar refractivity (Wildman–Crippen MR) is 134 cm³/mol. The van der Waals surface area contributed by atoms with Gasteiger partial charge in [-0.05, 0) is 56.0 Å². The van der Waals surface area contributed by atoms with E-state index in [1.807, 2.05) is 56.3 Å². The molecular weight excluding hydrogens is 446 g/mol. The van der Waals surface area contributed by atoms with Gasteiger partial charge in [0, 0.05) is 23.5 Å². The number of carbonyl (C=O) groups is 3.